The lowest BCUT2D eigenvalue weighted by Gasteiger charge is -2.23. The van der Waals surface area contributed by atoms with Crippen LogP contribution in [0.2, 0.25) is 0 Å². The summed E-state index contributed by atoms with van der Waals surface area (Å²) in [6, 6.07) is 12.9. The van der Waals surface area contributed by atoms with E-state index in [0.717, 1.165) is 34.1 Å². The average Bonchev–Trinajstić information content (AvgIpc) is 2.66. The summed E-state index contributed by atoms with van der Waals surface area (Å²) in [4.78, 5) is 25.7. The molecule has 132 valence electrons. The summed E-state index contributed by atoms with van der Waals surface area (Å²) in [6.45, 7) is 1.37. The molecule has 5 nitrogen and oxygen atoms in total. The predicted molar refractivity (Wildman–Crippen MR) is 103 cm³/mol. The van der Waals surface area contributed by atoms with Gasteiger partial charge in [0.15, 0.2) is 5.78 Å². The van der Waals surface area contributed by atoms with Gasteiger partial charge in [-0.3, -0.25) is 9.59 Å². The zero-order valence-corrected chi connectivity index (χ0v) is 14.8. The quantitative estimate of drug-likeness (QED) is 0.563. The minimum Gasteiger partial charge on any atom is -0.385 e. The fourth-order valence-corrected chi connectivity index (χ4v) is 3.64. The molecule has 0 saturated heterocycles. The smallest absolute Gasteiger partial charge is 0.251 e. The Morgan fingerprint density at radius 2 is 1.81 bits per heavy atom. The minimum absolute atomic E-state index is 0.00779. The number of aryl methyl sites for hydroxylation is 1. The molecule has 1 aromatic heterocycles. The van der Waals surface area contributed by atoms with Crippen molar-refractivity contribution in [2.75, 3.05) is 25.6 Å². The standard InChI is InChI=1S/C21H20N2O3/c1-23-17-9-8-16(22-10-5-11-26-2)20-19(17)15(12-18(23)24)13-6-3-4-7-14(13)21(20)25/h3-4,6-9,12,22H,5,10-11H2,1-2H3. The molecule has 0 atom stereocenters. The lowest BCUT2D eigenvalue weighted by atomic mass is 9.83. The summed E-state index contributed by atoms with van der Waals surface area (Å²) in [6.07, 6.45) is 0.846. The Kier molecular flexibility index (Phi) is 4.09. The Labute approximate surface area is 151 Å². The van der Waals surface area contributed by atoms with Crippen LogP contribution in [0.1, 0.15) is 22.3 Å². The largest absolute Gasteiger partial charge is 0.385 e. The molecule has 4 rings (SSSR count). The minimum atomic E-state index is -0.0802. The van der Waals surface area contributed by atoms with Crippen LogP contribution in [0.15, 0.2) is 47.3 Å². The summed E-state index contributed by atoms with van der Waals surface area (Å²) in [7, 11) is 3.41. The number of hydrogen-bond donors (Lipinski definition) is 1. The van der Waals surface area contributed by atoms with Crippen molar-refractivity contribution in [1.82, 2.24) is 4.57 Å². The number of methoxy groups -OCH3 is 1. The van der Waals surface area contributed by atoms with Gasteiger partial charge in [0, 0.05) is 50.0 Å². The predicted octanol–water partition coefficient (Wildman–Crippen LogP) is 3.20. The summed E-state index contributed by atoms with van der Waals surface area (Å²) in [5.41, 5.74) is 4.42. The van der Waals surface area contributed by atoms with Gasteiger partial charge in [0.2, 0.25) is 0 Å². The van der Waals surface area contributed by atoms with Gasteiger partial charge in [0.1, 0.15) is 0 Å². The zero-order chi connectivity index (χ0) is 18.3. The normalized spacial score (nSPS) is 12.3. The lowest BCUT2D eigenvalue weighted by molar-refractivity contribution is 0.104. The van der Waals surface area contributed by atoms with E-state index in [1.54, 1.807) is 24.8 Å². The first-order valence-electron chi connectivity index (χ1n) is 8.67. The first kappa shape index (κ1) is 16.5. The van der Waals surface area contributed by atoms with E-state index in [2.05, 4.69) is 5.32 Å². The third-order valence-electron chi connectivity index (χ3n) is 4.94. The van der Waals surface area contributed by atoms with Crippen molar-refractivity contribution >= 4 is 22.4 Å². The molecule has 1 heterocycles. The number of nitrogens with one attached hydrogen (secondary N) is 1. The van der Waals surface area contributed by atoms with Gasteiger partial charge in [-0.05, 0) is 29.7 Å². The van der Waals surface area contributed by atoms with E-state index in [4.69, 9.17) is 4.74 Å². The van der Waals surface area contributed by atoms with Crippen molar-refractivity contribution in [3.63, 3.8) is 0 Å². The average molecular weight is 348 g/mol. The fraction of sp³-hybridized carbons (Fsp3) is 0.238. The fourth-order valence-electron chi connectivity index (χ4n) is 3.64. The van der Waals surface area contributed by atoms with Gasteiger partial charge in [-0.25, -0.2) is 0 Å². The molecular weight excluding hydrogens is 328 g/mol. The van der Waals surface area contributed by atoms with E-state index in [0.29, 0.717) is 24.3 Å². The molecule has 1 aliphatic carbocycles. The number of aromatic nitrogens is 1. The van der Waals surface area contributed by atoms with Crippen LogP contribution >= 0.6 is 0 Å². The van der Waals surface area contributed by atoms with Crippen LogP contribution < -0.4 is 10.9 Å². The summed E-state index contributed by atoms with van der Waals surface area (Å²) >= 11 is 0. The van der Waals surface area contributed by atoms with Crippen LogP contribution in [-0.2, 0) is 11.8 Å². The number of ether oxygens (including phenoxy) is 1. The number of hydrogen-bond acceptors (Lipinski definition) is 4. The van der Waals surface area contributed by atoms with Crippen molar-refractivity contribution in [3.8, 4) is 11.1 Å². The molecule has 0 saturated carbocycles. The highest BCUT2D eigenvalue weighted by Gasteiger charge is 2.28. The molecule has 1 aliphatic rings. The first-order chi connectivity index (χ1) is 12.6. The van der Waals surface area contributed by atoms with Gasteiger partial charge < -0.3 is 14.6 Å². The number of benzene rings is 2. The first-order valence-corrected chi connectivity index (χ1v) is 8.67. The second kappa shape index (κ2) is 6.42. The molecule has 1 N–H and O–H groups in total. The summed E-state index contributed by atoms with van der Waals surface area (Å²) < 4.78 is 6.68. The van der Waals surface area contributed by atoms with Gasteiger partial charge in [-0.1, -0.05) is 24.3 Å². The van der Waals surface area contributed by atoms with E-state index in [9.17, 15) is 9.59 Å². The molecule has 0 bridgehead atoms. The van der Waals surface area contributed by atoms with Crippen molar-refractivity contribution in [2.45, 2.75) is 6.42 Å². The molecule has 0 spiro atoms. The zero-order valence-electron chi connectivity index (χ0n) is 14.8. The van der Waals surface area contributed by atoms with Crippen LogP contribution in [0.4, 0.5) is 5.69 Å². The third kappa shape index (κ3) is 2.44. The van der Waals surface area contributed by atoms with Crippen LogP contribution in [0.5, 0.6) is 0 Å². The van der Waals surface area contributed by atoms with Crippen LogP contribution in [0.3, 0.4) is 0 Å². The van der Waals surface area contributed by atoms with E-state index in [1.165, 1.54) is 0 Å². The Morgan fingerprint density at radius 3 is 2.58 bits per heavy atom. The monoisotopic (exact) mass is 348 g/mol. The number of pyridine rings is 1. The van der Waals surface area contributed by atoms with Crippen LogP contribution in [0, 0.1) is 0 Å². The summed E-state index contributed by atoms with van der Waals surface area (Å²) in [5, 5.41) is 4.20. The highest BCUT2D eigenvalue weighted by molar-refractivity contribution is 6.28. The van der Waals surface area contributed by atoms with Gasteiger partial charge in [0.05, 0.1) is 11.1 Å². The third-order valence-corrected chi connectivity index (χ3v) is 4.94. The molecule has 2 aromatic carbocycles. The number of rotatable bonds is 5. The van der Waals surface area contributed by atoms with Gasteiger partial charge >= 0.3 is 0 Å². The van der Waals surface area contributed by atoms with E-state index in [1.807, 2.05) is 36.4 Å². The number of ketones is 1. The van der Waals surface area contributed by atoms with Crippen LogP contribution in [0.25, 0.3) is 22.0 Å². The Bertz CT molecular complexity index is 1080. The molecule has 5 heteroatoms. The van der Waals surface area contributed by atoms with Crippen molar-refractivity contribution in [2.24, 2.45) is 7.05 Å². The van der Waals surface area contributed by atoms with E-state index < -0.39 is 0 Å². The maximum absolute atomic E-state index is 13.2. The number of anilines is 1. The Morgan fingerprint density at radius 1 is 1.04 bits per heavy atom. The molecule has 3 aromatic rings. The maximum atomic E-state index is 13.2. The highest BCUT2D eigenvalue weighted by atomic mass is 16.5. The van der Waals surface area contributed by atoms with Crippen molar-refractivity contribution in [1.29, 1.82) is 0 Å². The molecule has 0 radical (unpaired) electrons. The highest BCUT2D eigenvalue weighted by Crippen LogP contribution is 2.41. The molecule has 26 heavy (non-hydrogen) atoms. The van der Waals surface area contributed by atoms with E-state index >= 15 is 0 Å². The molecule has 0 aliphatic heterocycles. The van der Waals surface area contributed by atoms with Gasteiger partial charge in [0.25, 0.3) is 5.56 Å². The number of nitrogens with zero attached hydrogens (tertiary/aromatic N) is 1. The number of carbonyl (C=O) groups excluding carboxylic acids is 1. The molecule has 0 fully saturated rings. The van der Waals surface area contributed by atoms with E-state index in [-0.39, 0.29) is 11.3 Å². The topological polar surface area (TPSA) is 60.3 Å². The Balaban J connectivity index is 1.98. The molecular formula is C21H20N2O3. The SMILES string of the molecule is COCCCNc1ccc2c3c(cc(=O)n2C)-c2ccccc2C(=O)c13. The Hall–Kier alpha value is -2.92. The second-order valence-electron chi connectivity index (χ2n) is 6.49. The second-order valence-corrected chi connectivity index (χ2v) is 6.49. The summed E-state index contributed by atoms with van der Waals surface area (Å²) in [5.74, 6) is -0.00779. The number of fused-ring (bicyclic) bond motifs is 2. The lowest BCUT2D eigenvalue weighted by Crippen LogP contribution is -2.21. The molecule has 0 amide bonds. The number of carbonyl (C=O) groups is 1. The van der Waals surface area contributed by atoms with Crippen molar-refractivity contribution < 1.29 is 9.53 Å². The van der Waals surface area contributed by atoms with Gasteiger partial charge in [-0.15, -0.1) is 0 Å². The van der Waals surface area contributed by atoms with Crippen molar-refractivity contribution in [3.05, 3.63) is 63.9 Å². The maximum Gasteiger partial charge on any atom is 0.251 e. The molecule has 0 unspecified atom stereocenters. The van der Waals surface area contributed by atoms with Crippen LogP contribution in [-0.4, -0.2) is 30.6 Å². The van der Waals surface area contributed by atoms with Gasteiger partial charge in [-0.2, -0.15) is 0 Å².